The number of nitrogens with zero attached hydrogens (tertiary/aromatic N) is 2. The molecule has 0 amide bonds. The Kier molecular flexibility index (Phi) is 5.92. The van der Waals surface area contributed by atoms with Crippen molar-refractivity contribution in [2.45, 2.75) is 45.6 Å². The number of hydrogen-bond acceptors (Lipinski definition) is 1. The fourth-order valence-electron chi connectivity index (χ4n) is 4.41. The van der Waals surface area contributed by atoms with Gasteiger partial charge in [-0.2, -0.15) is 5.10 Å². The van der Waals surface area contributed by atoms with Crippen molar-refractivity contribution in [3.63, 3.8) is 0 Å². The minimum absolute atomic E-state index is 0.216. The molecule has 0 aliphatic heterocycles. The first kappa shape index (κ1) is 19.3. The van der Waals surface area contributed by atoms with Crippen LogP contribution in [0.15, 0.2) is 54.6 Å². The summed E-state index contributed by atoms with van der Waals surface area (Å²) in [6, 6.07) is 17.0. The van der Waals surface area contributed by atoms with Crippen LogP contribution in [0.4, 0.5) is 4.39 Å². The van der Waals surface area contributed by atoms with Crippen LogP contribution in [0.25, 0.3) is 22.4 Å². The van der Waals surface area contributed by atoms with Crippen LogP contribution in [0.2, 0.25) is 0 Å². The molecule has 1 aliphatic rings. The lowest BCUT2D eigenvalue weighted by Crippen LogP contribution is -2.23. The average molecular weight is 394 g/mol. The Bertz CT molecular complexity index is 927. The zero-order chi connectivity index (χ0) is 19.5. The van der Waals surface area contributed by atoms with E-state index in [2.05, 4.69) is 33.0 Å². The standard InChI is InChI=1S/C24H28FN2P/c1-2-17-11-13-18(14-12-17)16-27-24(28)22(20-9-6-10-21(25)15-20)23(26-27)19-7-4-3-5-8-19/h3-10,15,17-18H,2,11-14,16,28H2,1H3. The van der Waals surface area contributed by atoms with E-state index in [1.165, 1.54) is 38.2 Å². The first-order valence-electron chi connectivity index (χ1n) is 10.3. The third-order valence-corrected chi connectivity index (χ3v) is 6.71. The van der Waals surface area contributed by atoms with Gasteiger partial charge in [0.2, 0.25) is 0 Å². The van der Waals surface area contributed by atoms with Gasteiger partial charge in [0, 0.05) is 17.7 Å². The van der Waals surface area contributed by atoms with Crippen LogP contribution in [-0.4, -0.2) is 9.78 Å². The third-order valence-electron chi connectivity index (χ3n) is 6.13. The Morgan fingerprint density at radius 3 is 2.32 bits per heavy atom. The van der Waals surface area contributed by atoms with E-state index in [-0.39, 0.29) is 5.82 Å². The smallest absolute Gasteiger partial charge is 0.123 e. The molecule has 1 unspecified atom stereocenters. The Morgan fingerprint density at radius 2 is 1.64 bits per heavy atom. The highest BCUT2D eigenvalue weighted by atomic mass is 31.0. The maximum absolute atomic E-state index is 13.9. The number of halogens is 1. The third kappa shape index (κ3) is 4.05. The molecular weight excluding hydrogens is 366 g/mol. The molecule has 1 atom stereocenters. The summed E-state index contributed by atoms with van der Waals surface area (Å²) in [5.74, 6) is 1.35. The van der Waals surface area contributed by atoms with Crippen molar-refractivity contribution in [3.8, 4) is 22.4 Å². The van der Waals surface area contributed by atoms with E-state index < -0.39 is 0 Å². The number of rotatable bonds is 5. The molecule has 0 saturated heterocycles. The molecule has 2 aromatic carbocycles. The number of hydrogen-bond donors (Lipinski definition) is 0. The van der Waals surface area contributed by atoms with Crippen LogP contribution in [0.1, 0.15) is 39.0 Å². The van der Waals surface area contributed by atoms with Gasteiger partial charge in [-0.1, -0.05) is 77.9 Å². The molecule has 4 heteroatoms. The largest absolute Gasteiger partial charge is 0.264 e. The molecule has 1 aromatic heterocycles. The second kappa shape index (κ2) is 8.57. The van der Waals surface area contributed by atoms with E-state index in [0.717, 1.165) is 40.3 Å². The van der Waals surface area contributed by atoms with Gasteiger partial charge in [-0.25, -0.2) is 4.39 Å². The van der Waals surface area contributed by atoms with Gasteiger partial charge in [0.25, 0.3) is 0 Å². The lowest BCUT2D eigenvalue weighted by atomic mass is 9.81. The van der Waals surface area contributed by atoms with Crippen LogP contribution in [0.5, 0.6) is 0 Å². The van der Waals surface area contributed by atoms with Gasteiger partial charge in [-0.3, -0.25) is 4.68 Å². The predicted octanol–water partition coefficient (Wildman–Crippen LogP) is 6.07. The normalized spacial score (nSPS) is 19.7. The van der Waals surface area contributed by atoms with Gasteiger partial charge in [-0.15, -0.1) is 0 Å². The van der Waals surface area contributed by atoms with E-state index in [0.29, 0.717) is 5.92 Å². The molecule has 28 heavy (non-hydrogen) atoms. The van der Waals surface area contributed by atoms with Crippen molar-refractivity contribution in [3.05, 3.63) is 60.4 Å². The molecule has 4 rings (SSSR count). The van der Waals surface area contributed by atoms with E-state index >= 15 is 0 Å². The van der Waals surface area contributed by atoms with Gasteiger partial charge < -0.3 is 0 Å². The highest BCUT2D eigenvalue weighted by molar-refractivity contribution is 7.27. The lowest BCUT2D eigenvalue weighted by molar-refractivity contribution is 0.243. The molecule has 0 spiro atoms. The summed E-state index contributed by atoms with van der Waals surface area (Å²) in [6.07, 6.45) is 6.51. The van der Waals surface area contributed by atoms with Crippen molar-refractivity contribution in [2.75, 3.05) is 0 Å². The number of benzene rings is 2. The maximum Gasteiger partial charge on any atom is 0.123 e. The topological polar surface area (TPSA) is 17.8 Å². The Balaban J connectivity index is 1.71. The summed E-state index contributed by atoms with van der Waals surface area (Å²) < 4.78 is 16.1. The average Bonchev–Trinajstić information content (AvgIpc) is 3.05. The minimum Gasteiger partial charge on any atom is -0.264 e. The quantitative estimate of drug-likeness (QED) is 0.480. The van der Waals surface area contributed by atoms with Crippen molar-refractivity contribution in [1.29, 1.82) is 0 Å². The molecule has 146 valence electrons. The highest BCUT2D eigenvalue weighted by Gasteiger charge is 2.24. The maximum atomic E-state index is 13.9. The summed E-state index contributed by atoms with van der Waals surface area (Å²) in [7, 11) is 2.86. The summed E-state index contributed by atoms with van der Waals surface area (Å²) in [6.45, 7) is 3.24. The molecule has 1 saturated carbocycles. The molecule has 0 radical (unpaired) electrons. The molecule has 3 aromatic rings. The van der Waals surface area contributed by atoms with Crippen molar-refractivity contribution >= 4 is 14.7 Å². The van der Waals surface area contributed by atoms with Crippen molar-refractivity contribution < 1.29 is 4.39 Å². The summed E-state index contributed by atoms with van der Waals surface area (Å²) in [4.78, 5) is 0. The molecule has 2 nitrogen and oxygen atoms in total. The second-order valence-corrected chi connectivity index (χ2v) is 8.51. The Morgan fingerprint density at radius 1 is 0.964 bits per heavy atom. The van der Waals surface area contributed by atoms with Crippen molar-refractivity contribution in [1.82, 2.24) is 9.78 Å². The van der Waals surface area contributed by atoms with Crippen LogP contribution in [0, 0.1) is 17.7 Å². The van der Waals surface area contributed by atoms with Gasteiger partial charge >= 0.3 is 0 Å². The molecule has 1 aliphatic carbocycles. The zero-order valence-corrected chi connectivity index (χ0v) is 17.6. The summed E-state index contributed by atoms with van der Waals surface area (Å²) in [5.41, 5.74) is 4.93. The molecule has 0 bridgehead atoms. The van der Waals surface area contributed by atoms with Crippen LogP contribution in [0.3, 0.4) is 0 Å². The first-order valence-corrected chi connectivity index (χ1v) is 10.9. The van der Waals surface area contributed by atoms with Crippen LogP contribution >= 0.6 is 9.24 Å². The lowest BCUT2D eigenvalue weighted by Gasteiger charge is -2.28. The van der Waals surface area contributed by atoms with E-state index in [4.69, 9.17) is 5.10 Å². The van der Waals surface area contributed by atoms with E-state index in [9.17, 15) is 4.39 Å². The van der Waals surface area contributed by atoms with Crippen LogP contribution in [-0.2, 0) is 6.54 Å². The fraction of sp³-hybridized carbons (Fsp3) is 0.375. The molecular formula is C24H28FN2P. The van der Waals surface area contributed by atoms with E-state index in [1.54, 1.807) is 12.1 Å². The monoisotopic (exact) mass is 394 g/mol. The van der Waals surface area contributed by atoms with Crippen molar-refractivity contribution in [2.24, 2.45) is 11.8 Å². The minimum atomic E-state index is -0.216. The second-order valence-electron chi connectivity index (χ2n) is 7.96. The highest BCUT2D eigenvalue weighted by Crippen LogP contribution is 2.34. The molecule has 1 heterocycles. The fourth-order valence-corrected chi connectivity index (χ4v) is 4.87. The molecule has 1 fully saturated rings. The molecule has 0 N–H and O–H groups in total. The predicted molar refractivity (Wildman–Crippen MR) is 118 cm³/mol. The van der Waals surface area contributed by atoms with Gasteiger partial charge in [-0.05, 0) is 42.4 Å². The first-order chi connectivity index (χ1) is 13.7. The summed E-state index contributed by atoms with van der Waals surface area (Å²) >= 11 is 0. The van der Waals surface area contributed by atoms with Gasteiger partial charge in [0.05, 0.1) is 5.44 Å². The summed E-state index contributed by atoms with van der Waals surface area (Å²) in [5, 5.41) is 4.99. The van der Waals surface area contributed by atoms with Crippen LogP contribution < -0.4 is 5.44 Å². The van der Waals surface area contributed by atoms with E-state index in [1.807, 2.05) is 24.3 Å². The SMILES string of the molecule is CCC1CCC(Cn2nc(-c3ccccc3)c(-c3cccc(F)c3)c2P)CC1. The van der Waals surface area contributed by atoms with Gasteiger partial charge in [0.15, 0.2) is 0 Å². The Labute approximate surface area is 169 Å². The van der Waals surface area contributed by atoms with Gasteiger partial charge in [0.1, 0.15) is 11.5 Å². The Hall–Kier alpha value is -1.99. The zero-order valence-electron chi connectivity index (χ0n) is 16.4. The number of aromatic nitrogens is 2.